The second-order valence-corrected chi connectivity index (χ2v) is 17.6. The van der Waals surface area contributed by atoms with Crippen molar-refractivity contribution in [2.75, 3.05) is 13.2 Å². The summed E-state index contributed by atoms with van der Waals surface area (Å²) >= 11 is 0. The van der Waals surface area contributed by atoms with Gasteiger partial charge in [0.05, 0.1) is 25.4 Å². The van der Waals surface area contributed by atoms with E-state index in [1.165, 1.54) is 148 Å². The lowest BCUT2D eigenvalue weighted by atomic mass is 9.99. The van der Waals surface area contributed by atoms with Crippen LogP contribution < -0.4 is 5.32 Å². The second kappa shape index (κ2) is 41.4. The number of allylic oxidation sites excluding steroid dienone is 5. The van der Waals surface area contributed by atoms with Crippen LogP contribution in [0.2, 0.25) is 0 Å². The van der Waals surface area contributed by atoms with Gasteiger partial charge in [0.1, 0.15) is 24.4 Å². The van der Waals surface area contributed by atoms with Crippen LogP contribution in [-0.4, -0.2) is 87.5 Å². The normalized spacial score (nSPS) is 20.8. The maximum absolute atomic E-state index is 13.0. The highest BCUT2D eigenvalue weighted by atomic mass is 16.7. The summed E-state index contributed by atoms with van der Waals surface area (Å²) in [6.45, 7) is 3.76. The van der Waals surface area contributed by atoms with E-state index in [9.17, 15) is 30.3 Å². The topological polar surface area (TPSA) is 149 Å². The molecule has 352 valence electrons. The highest BCUT2D eigenvalue weighted by molar-refractivity contribution is 5.76. The van der Waals surface area contributed by atoms with E-state index < -0.39 is 49.5 Å². The van der Waals surface area contributed by atoms with Gasteiger partial charge in [-0.1, -0.05) is 204 Å². The van der Waals surface area contributed by atoms with Crippen LogP contribution in [0.5, 0.6) is 0 Å². The van der Waals surface area contributed by atoms with Crippen LogP contribution >= 0.6 is 0 Å². The van der Waals surface area contributed by atoms with Gasteiger partial charge < -0.3 is 40.3 Å². The molecule has 9 heteroatoms. The van der Waals surface area contributed by atoms with E-state index in [2.05, 4.69) is 43.5 Å². The van der Waals surface area contributed by atoms with Crippen molar-refractivity contribution in [2.45, 2.75) is 269 Å². The van der Waals surface area contributed by atoms with E-state index in [0.717, 1.165) is 57.8 Å². The Kier molecular flexibility index (Phi) is 39.0. The molecule has 0 saturated carbocycles. The van der Waals surface area contributed by atoms with Crippen LogP contribution in [0.4, 0.5) is 0 Å². The molecule has 0 aromatic rings. The summed E-state index contributed by atoms with van der Waals surface area (Å²) < 4.78 is 11.2. The molecule has 6 N–H and O–H groups in total. The van der Waals surface area contributed by atoms with Crippen molar-refractivity contribution in [1.82, 2.24) is 5.32 Å². The Morgan fingerprint density at radius 3 is 1.47 bits per heavy atom. The molecule has 1 fully saturated rings. The quantitative estimate of drug-likeness (QED) is 0.0263. The van der Waals surface area contributed by atoms with Gasteiger partial charge in [-0.05, 0) is 51.4 Å². The van der Waals surface area contributed by atoms with Crippen LogP contribution in [0, 0.1) is 0 Å². The first-order chi connectivity index (χ1) is 29.3. The molecule has 0 aliphatic carbocycles. The van der Waals surface area contributed by atoms with E-state index in [4.69, 9.17) is 9.47 Å². The van der Waals surface area contributed by atoms with Crippen LogP contribution in [0.1, 0.15) is 226 Å². The largest absolute Gasteiger partial charge is 0.394 e. The molecule has 9 nitrogen and oxygen atoms in total. The van der Waals surface area contributed by atoms with Crippen molar-refractivity contribution in [3.05, 3.63) is 36.5 Å². The van der Waals surface area contributed by atoms with Crippen molar-refractivity contribution in [3.8, 4) is 0 Å². The maximum Gasteiger partial charge on any atom is 0.220 e. The van der Waals surface area contributed by atoms with E-state index in [0.29, 0.717) is 6.42 Å². The molecule has 1 aliphatic rings. The Labute approximate surface area is 368 Å². The van der Waals surface area contributed by atoms with Gasteiger partial charge in [-0.25, -0.2) is 0 Å². The molecule has 7 unspecified atom stereocenters. The van der Waals surface area contributed by atoms with Gasteiger partial charge in [-0.3, -0.25) is 4.79 Å². The predicted molar refractivity (Wildman–Crippen MR) is 249 cm³/mol. The van der Waals surface area contributed by atoms with Crippen molar-refractivity contribution >= 4 is 5.91 Å². The van der Waals surface area contributed by atoms with Gasteiger partial charge in [-0.15, -0.1) is 0 Å². The molecule has 1 aliphatic heterocycles. The van der Waals surface area contributed by atoms with Gasteiger partial charge in [0.2, 0.25) is 5.91 Å². The number of rotatable bonds is 42. The summed E-state index contributed by atoms with van der Waals surface area (Å²) in [5, 5.41) is 54.3. The van der Waals surface area contributed by atoms with Crippen LogP contribution in [0.3, 0.4) is 0 Å². The third-order valence-electron chi connectivity index (χ3n) is 12.0. The number of amides is 1. The summed E-state index contributed by atoms with van der Waals surface area (Å²) in [5.41, 5.74) is 0. The van der Waals surface area contributed by atoms with E-state index in [-0.39, 0.29) is 12.5 Å². The highest BCUT2D eigenvalue weighted by Gasteiger charge is 2.44. The average molecular weight is 850 g/mol. The Morgan fingerprint density at radius 1 is 0.567 bits per heavy atom. The molecule has 1 heterocycles. The predicted octanol–water partition coefficient (Wildman–Crippen LogP) is 11.2. The van der Waals surface area contributed by atoms with E-state index >= 15 is 0 Å². The zero-order valence-corrected chi connectivity index (χ0v) is 38.7. The zero-order chi connectivity index (χ0) is 43.7. The average Bonchev–Trinajstić information content (AvgIpc) is 3.25. The number of carbonyl (C=O) groups excluding carboxylic acids is 1. The minimum atomic E-state index is -1.57. The monoisotopic (exact) mass is 850 g/mol. The Balaban J connectivity index is 2.32. The maximum atomic E-state index is 13.0. The number of hydrogen-bond acceptors (Lipinski definition) is 8. The van der Waals surface area contributed by atoms with Gasteiger partial charge in [0.15, 0.2) is 6.29 Å². The van der Waals surface area contributed by atoms with Crippen molar-refractivity contribution < 1.29 is 39.8 Å². The van der Waals surface area contributed by atoms with Crippen LogP contribution in [0.15, 0.2) is 36.5 Å². The lowest BCUT2D eigenvalue weighted by molar-refractivity contribution is -0.302. The van der Waals surface area contributed by atoms with Gasteiger partial charge >= 0.3 is 0 Å². The minimum Gasteiger partial charge on any atom is -0.394 e. The lowest BCUT2D eigenvalue weighted by Gasteiger charge is -2.40. The zero-order valence-electron chi connectivity index (χ0n) is 38.7. The molecular formula is C51H95NO8. The lowest BCUT2D eigenvalue weighted by Crippen LogP contribution is -2.60. The Hall–Kier alpha value is -1.59. The van der Waals surface area contributed by atoms with Gasteiger partial charge in [0.25, 0.3) is 0 Å². The fourth-order valence-electron chi connectivity index (χ4n) is 7.89. The molecule has 7 atom stereocenters. The summed E-state index contributed by atoms with van der Waals surface area (Å²) in [6, 6.07) is -0.808. The summed E-state index contributed by atoms with van der Waals surface area (Å²) in [6.07, 6.45) is 44.7. The molecule has 0 spiro atoms. The number of unbranched alkanes of at least 4 members (excludes halogenated alkanes) is 28. The summed E-state index contributed by atoms with van der Waals surface area (Å²) in [5.74, 6) is -0.184. The molecule has 1 rings (SSSR count). The van der Waals surface area contributed by atoms with Crippen LogP contribution in [-0.2, 0) is 14.3 Å². The van der Waals surface area contributed by atoms with Gasteiger partial charge in [-0.2, -0.15) is 0 Å². The van der Waals surface area contributed by atoms with Crippen LogP contribution in [0.25, 0.3) is 0 Å². The number of aliphatic hydroxyl groups excluding tert-OH is 5. The summed E-state index contributed by atoms with van der Waals surface area (Å²) in [4.78, 5) is 13.0. The number of carbonyl (C=O) groups is 1. The second-order valence-electron chi connectivity index (χ2n) is 17.6. The molecular weight excluding hydrogens is 755 g/mol. The molecule has 1 saturated heterocycles. The summed E-state index contributed by atoms with van der Waals surface area (Å²) in [7, 11) is 0. The first kappa shape index (κ1) is 56.4. The van der Waals surface area contributed by atoms with E-state index in [1.807, 2.05) is 6.08 Å². The Bertz CT molecular complexity index is 1030. The Morgan fingerprint density at radius 2 is 0.983 bits per heavy atom. The standard InChI is InChI=1S/C51H95NO8/c1-3-5-7-9-11-13-15-17-19-21-22-23-25-26-28-30-32-34-36-38-40-45(54)44(43-59-51-50(58)49(57)48(56)46(42-53)60-51)52-47(55)41-39-37-35-33-31-29-27-24-20-18-16-14-12-10-8-6-4-2/h12,14,18,20,38,40,44-46,48-51,53-54,56-58H,3-11,13,15-17,19,21-37,39,41-43H2,1-2H3,(H,52,55)/b14-12-,20-18-,40-38+. The third-order valence-corrected chi connectivity index (χ3v) is 12.0. The third kappa shape index (κ3) is 31.3. The number of nitrogens with one attached hydrogen (secondary N) is 1. The molecule has 0 bridgehead atoms. The molecule has 1 amide bonds. The first-order valence-corrected chi connectivity index (χ1v) is 25.2. The number of ether oxygens (including phenoxy) is 2. The molecule has 0 radical (unpaired) electrons. The van der Waals surface area contributed by atoms with E-state index in [1.54, 1.807) is 6.08 Å². The fraction of sp³-hybridized carbons (Fsp3) is 0.863. The smallest absolute Gasteiger partial charge is 0.220 e. The minimum absolute atomic E-state index is 0.184. The number of aliphatic hydroxyl groups is 5. The first-order valence-electron chi connectivity index (χ1n) is 25.2. The van der Waals surface area contributed by atoms with Gasteiger partial charge in [0, 0.05) is 6.42 Å². The number of hydrogen-bond donors (Lipinski definition) is 6. The highest BCUT2D eigenvalue weighted by Crippen LogP contribution is 2.23. The SMILES string of the molecule is CCCCC/C=C\C/C=C\CCCCCCCCCC(=O)NC(COC1OC(CO)C(O)C(O)C1O)C(O)/C=C/CCCCCCCCCCCCCCCCCCCC. The molecule has 0 aromatic carbocycles. The molecule has 60 heavy (non-hydrogen) atoms. The molecule has 0 aromatic heterocycles. The van der Waals surface area contributed by atoms with Crippen molar-refractivity contribution in [3.63, 3.8) is 0 Å². The van der Waals surface area contributed by atoms with Crippen molar-refractivity contribution in [2.24, 2.45) is 0 Å². The fourth-order valence-corrected chi connectivity index (χ4v) is 7.89. The van der Waals surface area contributed by atoms with Crippen molar-refractivity contribution in [1.29, 1.82) is 0 Å².